The molecule has 1 unspecified atom stereocenters. The van der Waals surface area contributed by atoms with Crippen LogP contribution in [0.5, 0.6) is 0 Å². The van der Waals surface area contributed by atoms with Crippen LogP contribution in [0.4, 0.5) is 0 Å². The molecule has 0 saturated carbocycles. The topological polar surface area (TPSA) is 60.4 Å². The van der Waals surface area contributed by atoms with Crippen molar-refractivity contribution in [1.29, 1.82) is 0 Å². The van der Waals surface area contributed by atoms with E-state index in [-0.39, 0.29) is 4.90 Å². The van der Waals surface area contributed by atoms with E-state index in [9.17, 15) is 13.2 Å². The van der Waals surface area contributed by atoms with Crippen molar-refractivity contribution in [3.63, 3.8) is 0 Å². The molecule has 0 aliphatic heterocycles. The second-order valence-electron chi connectivity index (χ2n) is 3.27. The van der Waals surface area contributed by atoms with Crippen LogP contribution in [0.25, 0.3) is 0 Å². The van der Waals surface area contributed by atoms with Crippen LogP contribution in [0, 0.1) is 0 Å². The second-order valence-corrected chi connectivity index (χ2v) is 6.11. The van der Waals surface area contributed by atoms with E-state index in [1.165, 1.54) is 19.1 Å². The van der Waals surface area contributed by atoms with Crippen LogP contribution < -0.4 is 0 Å². The molecule has 0 amide bonds. The Balaban J connectivity index is 2.91. The summed E-state index contributed by atoms with van der Waals surface area (Å²) in [7, 11) is -3.19. The third-order valence-corrected chi connectivity index (χ3v) is 3.68. The van der Waals surface area contributed by atoms with Gasteiger partial charge in [0.25, 0.3) is 0 Å². The first-order chi connectivity index (χ1) is 7.30. The van der Waals surface area contributed by atoms with Crippen LogP contribution in [0.15, 0.2) is 29.2 Å². The van der Waals surface area contributed by atoms with Crippen molar-refractivity contribution in [3.8, 4) is 0 Å². The molecule has 0 bridgehead atoms. The van der Waals surface area contributed by atoms with Gasteiger partial charge in [0.05, 0.1) is 4.90 Å². The summed E-state index contributed by atoms with van der Waals surface area (Å²) >= 11 is 3.17. The highest BCUT2D eigenvalue weighted by Gasteiger charge is 2.12. The van der Waals surface area contributed by atoms with Gasteiger partial charge in [0, 0.05) is 18.7 Å². The molecular formula is C10H11BrO4S. The molecule has 0 aliphatic rings. The van der Waals surface area contributed by atoms with E-state index in [1.54, 1.807) is 12.1 Å². The Morgan fingerprint density at radius 3 is 2.19 bits per heavy atom. The van der Waals surface area contributed by atoms with Gasteiger partial charge < -0.3 is 4.74 Å². The van der Waals surface area contributed by atoms with Gasteiger partial charge in [0.1, 0.15) is 0 Å². The number of halogens is 1. The summed E-state index contributed by atoms with van der Waals surface area (Å²) in [6.07, 6.45) is 1.14. The van der Waals surface area contributed by atoms with Crippen LogP contribution in [0.2, 0.25) is 0 Å². The summed E-state index contributed by atoms with van der Waals surface area (Å²) < 4.78 is 27.3. The number of carbonyl (C=O) groups excluding carboxylic acids is 1. The maximum atomic E-state index is 11.2. The van der Waals surface area contributed by atoms with E-state index in [2.05, 4.69) is 15.9 Å². The number of alkyl halides is 1. The molecule has 6 heteroatoms. The molecule has 0 aromatic heterocycles. The molecule has 1 rings (SSSR count). The Kier molecular flexibility index (Phi) is 4.09. The normalized spacial score (nSPS) is 13.2. The zero-order valence-corrected chi connectivity index (χ0v) is 11.2. The molecule has 1 aromatic rings. The molecule has 0 heterocycles. The number of hydrogen-bond acceptors (Lipinski definition) is 4. The fourth-order valence-corrected chi connectivity index (χ4v) is 2.28. The van der Waals surface area contributed by atoms with Gasteiger partial charge in [-0.15, -0.1) is 0 Å². The lowest BCUT2D eigenvalue weighted by Gasteiger charge is -2.10. The minimum absolute atomic E-state index is 0.235. The highest BCUT2D eigenvalue weighted by atomic mass is 79.9. The quantitative estimate of drug-likeness (QED) is 0.633. The third-order valence-electron chi connectivity index (χ3n) is 1.84. The predicted molar refractivity (Wildman–Crippen MR) is 63.0 cm³/mol. The van der Waals surface area contributed by atoms with E-state index >= 15 is 0 Å². The Morgan fingerprint density at radius 2 is 1.81 bits per heavy atom. The fourth-order valence-electron chi connectivity index (χ4n) is 1.08. The number of ether oxygens (including phenoxy) is 1. The van der Waals surface area contributed by atoms with Gasteiger partial charge in [0.2, 0.25) is 0 Å². The maximum absolute atomic E-state index is 11.2. The monoisotopic (exact) mass is 306 g/mol. The first-order valence-corrected chi connectivity index (χ1v) is 7.23. The first-order valence-electron chi connectivity index (χ1n) is 4.42. The highest BCUT2D eigenvalue weighted by molar-refractivity contribution is 9.09. The van der Waals surface area contributed by atoms with E-state index in [4.69, 9.17) is 4.74 Å². The number of hydrogen-bond donors (Lipinski definition) is 0. The van der Waals surface area contributed by atoms with Crippen molar-refractivity contribution >= 4 is 31.7 Å². The van der Waals surface area contributed by atoms with E-state index < -0.39 is 20.8 Å². The van der Waals surface area contributed by atoms with Gasteiger partial charge in [-0.1, -0.05) is 12.1 Å². The van der Waals surface area contributed by atoms with Crippen molar-refractivity contribution in [3.05, 3.63) is 29.8 Å². The van der Waals surface area contributed by atoms with Gasteiger partial charge in [-0.3, -0.25) is 4.79 Å². The second kappa shape index (κ2) is 4.97. The van der Waals surface area contributed by atoms with Crippen molar-refractivity contribution in [1.82, 2.24) is 0 Å². The van der Waals surface area contributed by atoms with Gasteiger partial charge >= 0.3 is 5.97 Å². The molecule has 0 N–H and O–H groups in total. The average molecular weight is 307 g/mol. The van der Waals surface area contributed by atoms with Gasteiger partial charge in [-0.25, -0.2) is 8.42 Å². The maximum Gasteiger partial charge on any atom is 0.304 e. The Hall–Kier alpha value is -0.880. The lowest BCUT2D eigenvalue weighted by Crippen LogP contribution is -2.03. The summed E-state index contributed by atoms with van der Waals surface area (Å²) in [5.74, 6) is -0.408. The number of carbonyl (C=O) groups is 1. The standard InChI is InChI=1S/C10H11BrO4S/c1-7(12)15-10(11)8-3-5-9(6-4-8)16(2,13)14/h3-6,10H,1-2H3. The lowest BCUT2D eigenvalue weighted by molar-refractivity contribution is -0.142. The molecule has 0 fully saturated rings. The van der Waals surface area contributed by atoms with Crippen molar-refractivity contribution < 1.29 is 17.9 Å². The summed E-state index contributed by atoms with van der Waals surface area (Å²) in [5, 5.41) is -0.557. The van der Waals surface area contributed by atoms with Gasteiger partial charge in [-0.05, 0) is 28.1 Å². The number of sulfone groups is 1. The zero-order valence-electron chi connectivity index (χ0n) is 8.81. The zero-order chi connectivity index (χ0) is 12.3. The minimum Gasteiger partial charge on any atom is -0.446 e. The minimum atomic E-state index is -3.19. The molecule has 0 spiro atoms. The molecule has 0 radical (unpaired) electrons. The van der Waals surface area contributed by atoms with Crippen LogP contribution in [0.3, 0.4) is 0 Å². The first kappa shape index (κ1) is 13.2. The Labute approximate surface area is 103 Å². The molecule has 88 valence electrons. The predicted octanol–water partition coefficient (Wildman–Crippen LogP) is 2.05. The summed E-state index contributed by atoms with van der Waals surface area (Å²) in [4.78, 5) is 10.9. The Morgan fingerprint density at radius 1 is 1.31 bits per heavy atom. The summed E-state index contributed by atoms with van der Waals surface area (Å²) in [5.41, 5.74) is 0.683. The highest BCUT2D eigenvalue weighted by Crippen LogP contribution is 2.25. The molecule has 16 heavy (non-hydrogen) atoms. The van der Waals surface area contributed by atoms with Gasteiger partial charge in [0.15, 0.2) is 14.9 Å². The molecule has 0 saturated heterocycles. The van der Waals surface area contributed by atoms with Crippen LogP contribution >= 0.6 is 15.9 Å². The molecule has 1 atom stereocenters. The average Bonchev–Trinajstić information content (AvgIpc) is 2.15. The van der Waals surface area contributed by atoms with Crippen LogP contribution in [-0.2, 0) is 19.4 Å². The van der Waals surface area contributed by atoms with Crippen molar-refractivity contribution in [2.45, 2.75) is 16.8 Å². The lowest BCUT2D eigenvalue weighted by atomic mass is 10.2. The SMILES string of the molecule is CC(=O)OC(Br)c1ccc(S(C)(=O)=O)cc1. The van der Waals surface area contributed by atoms with Crippen molar-refractivity contribution in [2.75, 3.05) is 6.26 Å². The van der Waals surface area contributed by atoms with E-state index in [0.717, 1.165) is 6.26 Å². The fraction of sp³-hybridized carbons (Fsp3) is 0.300. The van der Waals surface area contributed by atoms with E-state index in [1.807, 2.05) is 0 Å². The van der Waals surface area contributed by atoms with Crippen LogP contribution in [-0.4, -0.2) is 20.6 Å². The van der Waals surface area contributed by atoms with E-state index in [0.29, 0.717) is 5.56 Å². The largest absolute Gasteiger partial charge is 0.446 e. The smallest absolute Gasteiger partial charge is 0.304 e. The summed E-state index contributed by atoms with van der Waals surface area (Å²) in [6.45, 7) is 1.30. The van der Waals surface area contributed by atoms with Crippen LogP contribution in [0.1, 0.15) is 17.5 Å². The summed E-state index contributed by atoms with van der Waals surface area (Å²) in [6, 6.07) is 6.14. The molecule has 0 aliphatic carbocycles. The van der Waals surface area contributed by atoms with Crippen molar-refractivity contribution in [2.24, 2.45) is 0 Å². The molecular weight excluding hydrogens is 296 g/mol. The molecule has 4 nitrogen and oxygen atoms in total. The molecule has 1 aromatic carbocycles. The number of rotatable bonds is 3. The number of benzene rings is 1. The van der Waals surface area contributed by atoms with Gasteiger partial charge in [-0.2, -0.15) is 0 Å². The number of esters is 1. The third kappa shape index (κ3) is 3.61. The Bertz CT molecular complexity index is 478.